The average Bonchev–Trinajstić information content (AvgIpc) is 3.12. The van der Waals surface area contributed by atoms with Gasteiger partial charge in [-0.05, 0) is 44.1 Å². The summed E-state index contributed by atoms with van der Waals surface area (Å²) in [5, 5.41) is 2.57. The Hall–Kier alpha value is -2.80. The largest absolute Gasteiger partial charge is 0.370 e. The Balaban J connectivity index is 1.42. The van der Waals surface area contributed by atoms with Crippen molar-refractivity contribution in [3.8, 4) is 0 Å². The number of unbranched alkanes of at least 4 members (excludes halogenated alkanes) is 1. The number of Topliss-reactive ketones (excluding diaryl/α,β-unsaturated/α-hetero) is 1. The number of nitrogens with two attached hydrogens (primary N) is 2. The van der Waals surface area contributed by atoms with Gasteiger partial charge in [-0.15, -0.1) is 11.3 Å². The van der Waals surface area contributed by atoms with Crippen LogP contribution in [0.1, 0.15) is 43.4 Å². The second kappa shape index (κ2) is 9.94. The minimum absolute atomic E-state index is 0.0251. The highest BCUT2D eigenvalue weighted by atomic mass is 32.1. The summed E-state index contributed by atoms with van der Waals surface area (Å²) in [5.41, 5.74) is 14.8. The average molecular weight is 396 g/mol. The Bertz CT molecular complexity index is 895. The maximum atomic E-state index is 12.4. The van der Waals surface area contributed by atoms with E-state index in [1.54, 1.807) is 6.20 Å². The Morgan fingerprint density at radius 1 is 1.07 bits per heavy atom. The third-order valence-electron chi connectivity index (χ3n) is 4.56. The molecule has 0 saturated carbocycles. The first-order valence-electron chi connectivity index (χ1n) is 9.46. The number of hydrogen-bond acceptors (Lipinski definition) is 5. The lowest BCUT2D eigenvalue weighted by molar-refractivity contribution is -0.114. The Morgan fingerprint density at radius 3 is 2.61 bits per heavy atom. The number of aliphatic imine (C=N–C) groups is 2. The minimum atomic E-state index is 0.0251. The SMILES string of the molecule is NC(N)=Nc1nc(CCCCC2=NC=C(CCc3ccccc3)C(=O)C2)cs1. The van der Waals surface area contributed by atoms with Crippen molar-refractivity contribution in [2.24, 2.45) is 21.5 Å². The lowest BCUT2D eigenvalue weighted by Gasteiger charge is -2.13. The molecule has 0 saturated heterocycles. The van der Waals surface area contributed by atoms with Crippen LogP contribution in [0.5, 0.6) is 0 Å². The van der Waals surface area contributed by atoms with Crippen LogP contribution in [-0.4, -0.2) is 22.4 Å². The lowest BCUT2D eigenvalue weighted by atomic mass is 9.95. The molecule has 2 heterocycles. The first-order valence-corrected chi connectivity index (χ1v) is 10.3. The normalized spacial score (nSPS) is 13.8. The van der Waals surface area contributed by atoms with Gasteiger partial charge in [-0.3, -0.25) is 9.79 Å². The van der Waals surface area contributed by atoms with Crippen LogP contribution in [-0.2, 0) is 17.6 Å². The number of aryl methyl sites for hydroxylation is 2. The molecule has 6 nitrogen and oxygen atoms in total. The second-order valence-corrected chi connectivity index (χ2v) is 7.64. The van der Waals surface area contributed by atoms with E-state index in [0.717, 1.165) is 55.5 Å². The van der Waals surface area contributed by atoms with Crippen LogP contribution in [0.2, 0.25) is 0 Å². The number of guanidine groups is 1. The number of thiazole rings is 1. The first kappa shape index (κ1) is 19.9. The molecule has 0 unspecified atom stereocenters. The smallest absolute Gasteiger partial charge is 0.212 e. The Labute approximate surface area is 169 Å². The fourth-order valence-electron chi connectivity index (χ4n) is 3.07. The van der Waals surface area contributed by atoms with E-state index in [-0.39, 0.29) is 11.7 Å². The van der Waals surface area contributed by atoms with Gasteiger partial charge in [-0.25, -0.2) is 4.98 Å². The van der Waals surface area contributed by atoms with Gasteiger partial charge in [0.05, 0.1) is 5.69 Å². The van der Waals surface area contributed by atoms with Crippen LogP contribution in [0, 0.1) is 0 Å². The van der Waals surface area contributed by atoms with Gasteiger partial charge in [0.15, 0.2) is 11.7 Å². The van der Waals surface area contributed by atoms with Crippen LogP contribution in [0.4, 0.5) is 5.13 Å². The van der Waals surface area contributed by atoms with Gasteiger partial charge < -0.3 is 11.5 Å². The van der Waals surface area contributed by atoms with E-state index < -0.39 is 0 Å². The summed E-state index contributed by atoms with van der Waals surface area (Å²) < 4.78 is 0. The van der Waals surface area contributed by atoms with Crippen LogP contribution in [0.15, 0.2) is 57.5 Å². The lowest BCUT2D eigenvalue weighted by Crippen LogP contribution is -2.21. The highest BCUT2D eigenvalue weighted by molar-refractivity contribution is 7.13. The molecule has 0 atom stereocenters. The molecule has 2 aromatic rings. The molecule has 0 bridgehead atoms. The van der Waals surface area contributed by atoms with Crippen molar-refractivity contribution in [1.29, 1.82) is 0 Å². The molecule has 28 heavy (non-hydrogen) atoms. The van der Waals surface area contributed by atoms with Gasteiger partial charge in [-0.1, -0.05) is 30.3 Å². The highest BCUT2D eigenvalue weighted by Gasteiger charge is 2.17. The summed E-state index contributed by atoms with van der Waals surface area (Å²) in [5.74, 6) is 0.236. The zero-order valence-electron chi connectivity index (χ0n) is 15.8. The maximum Gasteiger partial charge on any atom is 0.212 e. The topological polar surface area (TPSA) is 107 Å². The molecule has 0 fully saturated rings. The Kier molecular flexibility index (Phi) is 7.08. The quantitative estimate of drug-likeness (QED) is 0.383. The van der Waals surface area contributed by atoms with Crippen molar-refractivity contribution in [2.45, 2.75) is 44.9 Å². The van der Waals surface area contributed by atoms with Crippen molar-refractivity contribution >= 4 is 33.9 Å². The molecule has 7 heteroatoms. The van der Waals surface area contributed by atoms with E-state index in [1.165, 1.54) is 16.9 Å². The monoisotopic (exact) mass is 395 g/mol. The molecule has 0 amide bonds. The zero-order valence-corrected chi connectivity index (χ0v) is 16.6. The van der Waals surface area contributed by atoms with Gasteiger partial charge in [-0.2, -0.15) is 4.99 Å². The van der Waals surface area contributed by atoms with Gasteiger partial charge in [0.1, 0.15) is 0 Å². The molecule has 1 aliphatic heterocycles. The van der Waals surface area contributed by atoms with E-state index in [9.17, 15) is 4.79 Å². The molecule has 0 aliphatic carbocycles. The maximum absolute atomic E-state index is 12.4. The predicted octanol–water partition coefficient (Wildman–Crippen LogP) is 3.69. The van der Waals surface area contributed by atoms with Crippen molar-refractivity contribution in [3.05, 3.63) is 58.7 Å². The molecule has 1 aromatic carbocycles. The van der Waals surface area contributed by atoms with E-state index in [2.05, 4.69) is 27.1 Å². The fourth-order valence-corrected chi connectivity index (χ4v) is 3.81. The number of hydrogen-bond donors (Lipinski definition) is 2. The van der Waals surface area contributed by atoms with Crippen molar-refractivity contribution in [1.82, 2.24) is 4.98 Å². The summed E-state index contributed by atoms with van der Waals surface area (Å²) in [6, 6.07) is 10.2. The molecular weight excluding hydrogens is 370 g/mol. The summed E-state index contributed by atoms with van der Waals surface area (Å²) in [7, 11) is 0. The fraction of sp³-hybridized carbons (Fsp3) is 0.333. The van der Waals surface area contributed by atoms with Crippen LogP contribution in [0.25, 0.3) is 0 Å². The van der Waals surface area contributed by atoms with Crippen molar-refractivity contribution < 1.29 is 4.79 Å². The number of benzene rings is 1. The minimum Gasteiger partial charge on any atom is -0.370 e. The number of nitrogens with zero attached hydrogens (tertiary/aromatic N) is 3. The number of ketones is 1. The molecule has 0 spiro atoms. The second-order valence-electron chi connectivity index (χ2n) is 6.80. The van der Waals surface area contributed by atoms with E-state index in [4.69, 9.17) is 11.5 Å². The summed E-state index contributed by atoms with van der Waals surface area (Å²) in [6.45, 7) is 0. The van der Waals surface area contributed by atoms with Gasteiger partial charge >= 0.3 is 0 Å². The number of carbonyl (C=O) groups is 1. The number of allylic oxidation sites excluding steroid dienone is 1. The van der Waals surface area contributed by atoms with Crippen molar-refractivity contribution in [3.63, 3.8) is 0 Å². The molecule has 1 aromatic heterocycles. The molecule has 1 aliphatic rings. The van der Waals surface area contributed by atoms with E-state index >= 15 is 0 Å². The summed E-state index contributed by atoms with van der Waals surface area (Å²) >= 11 is 1.43. The van der Waals surface area contributed by atoms with Gasteiger partial charge in [0, 0.05) is 29.3 Å². The number of aromatic nitrogens is 1. The third-order valence-corrected chi connectivity index (χ3v) is 5.35. The van der Waals surface area contributed by atoms with Crippen molar-refractivity contribution in [2.75, 3.05) is 0 Å². The summed E-state index contributed by atoms with van der Waals surface area (Å²) in [4.78, 5) is 25.2. The molecule has 0 radical (unpaired) electrons. The standard InChI is InChI=1S/C21H25N5OS/c22-20(23)26-21-25-18(14-28-21)9-5-4-8-17-12-19(27)16(13-24-17)11-10-15-6-2-1-3-7-15/h1-3,6-7,13-14H,4-5,8-12H2,(H4,22,23,25,26). The number of rotatable bonds is 9. The predicted molar refractivity (Wildman–Crippen MR) is 115 cm³/mol. The van der Waals surface area contributed by atoms with Crippen LogP contribution >= 0.6 is 11.3 Å². The highest BCUT2D eigenvalue weighted by Crippen LogP contribution is 2.21. The molecule has 3 rings (SSSR count). The Morgan fingerprint density at radius 2 is 1.86 bits per heavy atom. The van der Waals surface area contributed by atoms with Crippen LogP contribution < -0.4 is 11.5 Å². The van der Waals surface area contributed by atoms with Gasteiger partial charge in [0.2, 0.25) is 5.13 Å². The molecule has 4 N–H and O–H groups in total. The first-order chi connectivity index (χ1) is 13.6. The van der Waals surface area contributed by atoms with E-state index in [0.29, 0.717) is 11.6 Å². The summed E-state index contributed by atoms with van der Waals surface area (Å²) in [6.07, 6.45) is 7.53. The van der Waals surface area contributed by atoms with Gasteiger partial charge in [0.25, 0.3) is 0 Å². The van der Waals surface area contributed by atoms with Crippen LogP contribution in [0.3, 0.4) is 0 Å². The van der Waals surface area contributed by atoms with E-state index in [1.807, 2.05) is 23.6 Å². The zero-order chi connectivity index (χ0) is 19.8. The third kappa shape index (κ3) is 6.13. The molecular formula is C21H25N5OS. The molecule has 146 valence electrons. The number of carbonyl (C=O) groups excluding carboxylic acids is 1.